The number of halogens is 1. The smallest absolute Gasteiger partial charge is 0.145 e. The molecule has 106 valence electrons. The lowest BCUT2D eigenvalue weighted by molar-refractivity contribution is 0.547. The summed E-state index contributed by atoms with van der Waals surface area (Å²) in [6, 6.07) is 9.88. The van der Waals surface area contributed by atoms with Gasteiger partial charge in [-0.15, -0.1) is 0 Å². The number of nitrogens with two attached hydrogens (primary N) is 1. The fourth-order valence-corrected chi connectivity index (χ4v) is 1.96. The van der Waals surface area contributed by atoms with E-state index in [4.69, 9.17) is 5.84 Å². The van der Waals surface area contributed by atoms with E-state index in [2.05, 4.69) is 64.1 Å². The highest BCUT2D eigenvalue weighted by Crippen LogP contribution is 2.24. The van der Waals surface area contributed by atoms with E-state index < -0.39 is 0 Å². The molecule has 0 aliphatic heterocycles. The molecule has 0 amide bonds. The molecule has 0 unspecified atom stereocenters. The third kappa shape index (κ3) is 3.80. The van der Waals surface area contributed by atoms with Crippen LogP contribution in [0.25, 0.3) is 0 Å². The van der Waals surface area contributed by atoms with Crippen molar-refractivity contribution in [1.29, 1.82) is 0 Å². The van der Waals surface area contributed by atoms with E-state index in [1.54, 1.807) is 6.07 Å². The van der Waals surface area contributed by atoms with Gasteiger partial charge in [0, 0.05) is 20.7 Å². The van der Waals surface area contributed by atoms with E-state index in [0.717, 1.165) is 17.3 Å². The van der Waals surface area contributed by atoms with Crippen molar-refractivity contribution >= 4 is 39.9 Å². The summed E-state index contributed by atoms with van der Waals surface area (Å²) >= 11 is 2.27. The van der Waals surface area contributed by atoms with Gasteiger partial charge in [-0.1, -0.05) is 20.8 Å². The first-order valence-electron chi connectivity index (χ1n) is 6.27. The Kier molecular flexibility index (Phi) is 4.44. The van der Waals surface area contributed by atoms with Gasteiger partial charge in [-0.25, -0.2) is 15.8 Å². The maximum Gasteiger partial charge on any atom is 0.145 e. The molecule has 0 atom stereocenters. The molecule has 2 aromatic rings. The first-order valence-corrected chi connectivity index (χ1v) is 7.35. The first-order chi connectivity index (χ1) is 9.38. The Morgan fingerprint density at radius 2 is 1.65 bits per heavy atom. The molecule has 0 aliphatic rings. The number of nitrogens with one attached hydrogen (secondary N) is 2. The number of rotatable bonds is 3. The molecule has 1 aromatic heterocycles. The van der Waals surface area contributed by atoms with Crippen LogP contribution in [-0.4, -0.2) is 9.97 Å². The minimum atomic E-state index is -0.143. The van der Waals surface area contributed by atoms with E-state index in [-0.39, 0.29) is 5.41 Å². The Hall–Kier alpha value is -1.41. The van der Waals surface area contributed by atoms with E-state index in [0.29, 0.717) is 5.82 Å². The quantitative estimate of drug-likeness (QED) is 0.430. The summed E-state index contributed by atoms with van der Waals surface area (Å²) in [7, 11) is 0. The van der Waals surface area contributed by atoms with Crippen LogP contribution in [0.4, 0.5) is 17.3 Å². The summed E-state index contributed by atoms with van der Waals surface area (Å²) < 4.78 is 1.19. The van der Waals surface area contributed by atoms with E-state index in [1.807, 2.05) is 24.3 Å². The van der Waals surface area contributed by atoms with Gasteiger partial charge in [-0.3, -0.25) is 0 Å². The van der Waals surface area contributed by atoms with Crippen molar-refractivity contribution < 1.29 is 0 Å². The summed E-state index contributed by atoms with van der Waals surface area (Å²) in [5.74, 6) is 7.53. The zero-order valence-corrected chi connectivity index (χ0v) is 13.9. The number of aromatic nitrogens is 2. The van der Waals surface area contributed by atoms with Crippen LogP contribution in [0.5, 0.6) is 0 Å². The number of hydrogen-bond acceptors (Lipinski definition) is 5. The van der Waals surface area contributed by atoms with Crippen LogP contribution in [0, 0.1) is 3.57 Å². The fraction of sp³-hybridized carbons (Fsp3) is 0.286. The number of nitrogen functional groups attached to an aromatic ring is 1. The van der Waals surface area contributed by atoms with Crippen molar-refractivity contribution in [3.05, 3.63) is 39.7 Å². The number of hydrazine groups is 1. The molecule has 0 saturated carbocycles. The number of benzene rings is 1. The van der Waals surface area contributed by atoms with Crippen molar-refractivity contribution in [1.82, 2.24) is 9.97 Å². The van der Waals surface area contributed by atoms with Crippen LogP contribution < -0.4 is 16.6 Å². The SMILES string of the molecule is CC(C)(C)c1nc(NN)cc(Nc2ccc(I)cc2)n1. The van der Waals surface area contributed by atoms with Gasteiger partial charge >= 0.3 is 0 Å². The van der Waals surface area contributed by atoms with Crippen molar-refractivity contribution in [2.24, 2.45) is 5.84 Å². The molecule has 1 aromatic carbocycles. The summed E-state index contributed by atoms with van der Waals surface area (Å²) in [6.45, 7) is 6.20. The molecule has 0 aliphatic carbocycles. The van der Waals surface area contributed by atoms with Gasteiger partial charge in [0.25, 0.3) is 0 Å². The van der Waals surface area contributed by atoms with Gasteiger partial charge < -0.3 is 10.7 Å². The van der Waals surface area contributed by atoms with Crippen LogP contribution in [0.3, 0.4) is 0 Å². The largest absolute Gasteiger partial charge is 0.340 e. The minimum Gasteiger partial charge on any atom is -0.340 e. The molecule has 20 heavy (non-hydrogen) atoms. The lowest BCUT2D eigenvalue weighted by Gasteiger charge is -2.18. The lowest BCUT2D eigenvalue weighted by atomic mass is 9.96. The Bertz CT molecular complexity index is 590. The molecule has 6 heteroatoms. The normalized spacial score (nSPS) is 11.2. The van der Waals surface area contributed by atoms with Gasteiger partial charge in [0.05, 0.1) is 0 Å². The van der Waals surface area contributed by atoms with Crippen molar-refractivity contribution in [3.63, 3.8) is 0 Å². The molecular weight excluding hydrogens is 365 g/mol. The summed E-state index contributed by atoms with van der Waals surface area (Å²) in [4.78, 5) is 8.94. The highest BCUT2D eigenvalue weighted by molar-refractivity contribution is 14.1. The third-order valence-electron chi connectivity index (χ3n) is 2.66. The summed E-state index contributed by atoms with van der Waals surface area (Å²) in [5.41, 5.74) is 3.42. The average molecular weight is 383 g/mol. The molecule has 1 heterocycles. The highest BCUT2D eigenvalue weighted by Gasteiger charge is 2.19. The van der Waals surface area contributed by atoms with Crippen LogP contribution in [0.15, 0.2) is 30.3 Å². The predicted octanol–water partition coefficient (Wildman–Crippen LogP) is 3.41. The average Bonchev–Trinajstić information content (AvgIpc) is 2.40. The van der Waals surface area contributed by atoms with Crippen LogP contribution in [-0.2, 0) is 5.41 Å². The van der Waals surface area contributed by atoms with Gasteiger partial charge in [0.15, 0.2) is 0 Å². The zero-order valence-electron chi connectivity index (χ0n) is 11.7. The van der Waals surface area contributed by atoms with Gasteiger partial charge in [0.2, 0.25) is 0 Å². The summed E-state index contributed by atoms with van der Waals surface area (Å²) in [6.07, 6.45) is 0. The lowest BCUT2D eigenvalue weighted by Crippen LogP contribution is -2.19. The first kappa shape index (κ1) is 15.0. The van der Waals surface area contributed by atoms with Crippen molar-refractivity contribution in [2.45, 2.75) is 26.2 Å². The second kappa shape index (κ2) is 5.92. The number of hydrogen-bond donors (Lipinski definition) is 3. The van der Waals surface area contributed by atoms with E-state index in [1.165, 1.54) is 3.57 Å². The zero-order chi connectivity index (χ0) is 14.8. The van der Waals surface area contributed by atoms with Crippen molar-refractivity contribution in [3.8, 4) is 0 Å². The monoisotopic (exact) mass is 383 g/mol. The Morgan fingerprint density at radius 1 is 1.05 bits per heavy atom. The van der Waals surface area contributed by atoms with Crippen LogP contribution >= 0.6 is 22.6 Å². The number of anilines is 3. The predicted molar refractivity (Wildman–Crippen MR) is 91.0 cm³/mol. The van der Waals surface area contributed by atoms with Gasteiger partial charge in [-0.05, 0) is 46.9 Å². The number of nitrogens with zero attached hydrogens (tertiary/aromatic N) is 2. The fourth-order valence-electron chi connectivity index (χ4n) is 1.60. The molecule has 0 radical (unpaired) electrons. The topological polar surface area (TPSA) is 75.9 Å². The molecule has 0 spiro atoms. The Morgan fingerprint density at radius 3 is 2.20 bits per heavy atom. The second-order valence-electron chi connectivity index (χ2n) is 5.49. The minimum absolute atomic E-state index is 0.143. The highest BCUT2D eigenvalue weighted by atomic mass is 127. The van der Waals surface area contributed by atoms with Gasteiger partial charge in [0.1, 0.15) is 17.5 Å². The maximum absolute atomic E-state index is 5.48. The second-order valence-corrected chi connectivity index (χ2v) is 6.73. The van der Waals surface area contributed by atoms with Crippen molar-refractivity contribution in [2.75, 3.05) is 10.7 Å². The standard InChI is InChI=1S/C14H18IN5/c1-14(2,3)13-18-11(8-12(19-13)20-16)17-10-6-4-9(15)5-7-10/h4-8H,16H2,1-3H3,(H2,17,18,19,20). The van der Waals surface area contributed by atoms with Crippen LogP contribution in [0.1, 0.15) is 26.6 Å². The van der Waals surface area contributed by atoms with Gasteiger partial charge in [-0.2, -0.15) is 0 Å². The third-order valence-corrected chi connectivity index (χ3v) is 3.38. The van der Waals surface area contributed by atoms with E-state index in [9.17, 15) is 0 Å². The van der Waals surface area contributed by atoms with Crippen LogP contribution in [0.2, 0.25) is 0 Å². The maximum atomic E-state index is 5.48. The van der Waals surface area contributed by atoms with E-state index >= 15 is 0 Å². The Labute approximate surface area is 132 Å². The molecule has 4 N–H and O–H groups in total. The molecule has 2 rings (SSSR count). The summed E-state index contributed by atoms with van der Waals surface area (Å²) in [5, 5.41) is 3.27. The molecular formula is C14H18IN5. The molecule has 0 bridgehead atoms. The Balaban J connectivity index is 2.33. The molecule has 0 fully saturated rings. The molecule has 0 saturated heterocycles. The molecule has 5 nitrogen and oxygen atoms in total.